The zero-order chi connectivity index (χ0) is 13.0. The van der Waals surface area contributed by atoms with Gasteiger partial charge >= 0.3 is 0 Å². The van der Waals surface area contributed by atoms with Crippen LogP contribution in [-0.4, -0.2) is 30.8 Å². The molecule has 2 rings (SSSR count). The third-order valence-electron chi connectivity index (χ3n) is 3.24. The van der Waals surface area contributed by atoms with E-state index in [4.69, 9.17) is 0 Å². The van der Waals surface area contributed by atoms with Gasteiger partial charge < -0.3 is 15.3 Å². The van der Waals surface area contributed by atoms with Crippen LogP contribution in [0.5, 0.6) is 0 Å². The molecule has 0 bridgehead atoms. The van der Waals surface area contributed by atoms with E-state index in [0.717, 1.165) is 24.1 Å². The molecule has 0 unspecified atom stereocenters. The van der Waals surface area contributed by atoms with E-state index in [0.29, 0.717) is 6.04 Å². The Bertz CT molecular complexity index is 393. The summed E-state index contributed by atoms with van der Waals surface area (Å²) in [5.74, 6) is 0. The minimum absolute atomic E-state index is 0.215. The minimum atomic E-state index is 0.215. The molecule has 1 fully saturated rings. The number of aliphatic hydroxyl groups is 1. The molecule has 0 atom stereocenters. The highest BCUT2D eigenvalue weighted by atomic mass is 79.9. The molecule has 1 saturated carbocycles. The molecule has 1 aliphatic carbocycles. The molecule has 1 aromatic carbocycles. The summed E-state index contributed by atoms with van der Waals surface area (Å²) in [6.45, 7) is 4.90. The van der Waals surface area contributed by atoms with Gasteiger partial charge in [0.25, 0.3) is 0 Å². The highest BCUT2D eigenvalue weighted by molar-refractivity contribution is 9.10. The van der Waals surface area contributed by atoms with E-state index in [-0.39, 0.29) is 6.61 Å². The van der Waals surface area contributed by atoms with E-state index < -0.39 is 0 Å². The van der Waals surface area contributed by atoms with E-state index in [1.807, 2.05) is 0 Å². The average Bonchev–Trinajstić information content (AvgIpc) is 3.18. The van der Waals surface area contributed by atoms with Gasteiger partial charge in [0.05, 0.1) is 6.61 Å². The average molecular weight is 313 g/mol. The first-order valence-electron chi connectivity index (χ1n) is 6.63. The van der Waals surface area contributed by atoms with Crippen molar-refractivity contribution >= 4 is 21.6 Å². The lowest BCUT2D eigenvalue weighted by atomic mass is 10.1. The molecule has 3 nitrogen and oxygen atoms in total. The normalized spacial score (nSPS) is 14.8. The molecule has 4 heteroatoms. The molecule has 0 aliphatic heterocycles. The second-order valence-corrected chi connectivity index (χ2v) is 5.62. The maximum Gasteiger partial charge on any atom is 0.0606 e. The van der Waals surface area contributed by atoms with Crippen molar-refractivity contribution in [2.45, 2.75) is 32.4 Å². The van der Waals surface area contributed by atoms with E-state index in [1.54, 1.807) is 0 Å². The smallest absolute Gasteiger partial charge is 0.0606 e. The van der Waals surface area contributed by atoms with Gasteiger partial charge in [-0.25, -0.2) is 0 Å². The molecule has 2 N–H and O–H groups in total. The van der Waals surface area contributed by atoms with Crippen LogP contribution >= 0.6 is 15.9 Å². The summed E-state index contributed by atoms with van der Waals surface area (Å²) in [5, 5.41) is 12.6. The molecule has 18 heavy (non-hydrogen) atoms. The Morgan fingerprint density at radius 2 is 2.22 bits per heavy atom. The molecule has 0 aromatic heterocycles. The number of hydrogen-bond acceptors (Lipinski definition) is 3. The van der Waals surface area contributed by atoms with E-state index >= 15 is 0 Å². The lowest BCUT2D eigenvalue weighted by Crippen LogP contribution is -2.30. The van der Waals surface area contributed by atoms with Crippen LogP contribution in [0.25, 0.3) is 0 Å². The molecule has 0 spiro atoms. The Morgan fingerprint density at radius 3 is 2.83 bits per heavy atom. The van der Waals surface area contributed by atoms with Crippen LogP contribution in [0, 0.1) is 0 Å². The number of aliphatic hydroxyl groups excluding tert-OH is 1. The number of halogens is 1. The lowest BCUT2D eigenvalue weighted by molar-refractivity contribution is 0.301. The fraction of sp³-hybridized carbons (Fsp3) is 0.571. The van der Waals surface area contributed by atoms with Gasteiger partial charge in [0.15, 0.2) is 0 Å². The van der Waals surface area contributed by atoms with E-state index in [1.165, 1.54) is 24.1 Å². The van der Waals surface area contributed by atoms with E-state index in [2.05, 4.69) is 51.3 Å². The summed E-state index contributed by atoms with van der Waals surface area (Å²) in [4.78, 5) is 2.35. The van der Waals surface area contributed by atoms with Crippen molar-refractivity contribution in [3.63, 3.8) is 0 Å². The number of nitrogens with zero attached hydrogens (tertiary/aromatic N) is 1. The molecule has 1 aliphatic rings. The van der Waals surface area contributed by atoms with Crippen LogP contribution in [-0.2, 0) is 6.54 Å². The van der Waals surface area contributed by atoms with Crippen molar-refractivity contribution in [1.82, 2.24) is 5.32 Å². The Morgan fingerprint density at radius 1 is 1.44 bits per heavy atom. The molecular weight excluding hydrogens is 292 g/mol. The van der Waals surface area contributed by atoms with Crippen molar-refractivity contribution in [3.8, 4) is 0 Å². The Hall–Kier alpha value is -0.580. The monoisotopic (exact) mass is 312 g/mol. The van der Waals surface area contributed by atoms with Gasteiger partial charge in [-0.05, 0) is 43.1 Å². The first-order chi connectivity index (χ1) is 8.76. The largest absolute Gasteiger partial charge is 0.395 e. The number of rotatable bonds is 7. The molecule has 0 radical (unpaired) electrons. The van der Waals surface area contributed by atoms with Gasteiger partial charge in [-0.15, -0.1) is 0 Å². The van der Waals surface area contributed by atoms with Crippen LogP contribution in [0.2, 0.25) is 0 Å². The zero-order valence-electron chi connectivity index (χ0n) is 10.8. The second kappa shape index (κ2) is 6.55. The van der Waals surface area contributed by atoms with Crippen LogP contribution < -0.4 is 10.2 Å². The van der Waals surface area contributed by atoms with Gasteiger partial charge in [-0.1, -0.05) is 22.9 Å². The quantitative estimate of drug-likeness (QED) is 0.812. The van der Waals surface area contributed by atoms with Crippen molar-refractivity contribution in [2.24, 2.45) is 0 Å². The Kier molecular flexibility index (Phi) is 5.03. The third-order valence-corrected chi connectivity index (χ3v) is 3.74. The summed E-state index contributed by atoms with van der Waals surface area (Å²) in [6.07, 6.45) is 2.49. The van der Waals surface area contributed by atoms with Gasteiger partial charge in [-0.3, -0.25) is 0 Å². The van der Waals surface area contributed by atoms with Crippen LogP contribution in [0.3, 0.4) is 0 Å². The number of anilines is 1. The first-order valence-corrected chi connectivity index (χ1v) is 7.42. The fourth-order valence-corrected chi connectivity index (χ4v) is 2.64. The number of nitrogens with one attached hydrogen (secondary N) is 1. The molecule has 0 heterocycles. The van der Waals surface area contributed by atoms with Gasteiger partial charge in [-0.2, -0.15) is 0 Å². The zero-order valence-corrected chi connectivity index (χ0v) is 12.4. The standard InChI is InChI=1S/C14H21BrN2O/c1-2-16-10-11-9-12(15)3-6-14(11)17(7-8-18)13-4-5-13/h3,6,9,13,16,18H,2,4-5,7-8,10H2,1H3. The van der Waals surface area contributed by atoms with Crippen LogP contribution in [0.15, 0.2) is 22.7 Å². The third kappa shape index (κ3) is 3.46. The Labute approximate surface area is 117 Å². The van der Waals surface area contributed by atoms with Crippen molar-refractivity contribution in [3.05, 3.63) is 28.2 Å². The highest BCUT2D eigenvalue weighted by Crippen LogP contribution is 2.34. The molecule has 100 valence electrons. The van der Waals surface area contributed by atoms with Gasteiger partial charge in [0.2, 0.25) is 0 Å². The maximum atomic E-state index is 9.23. The van der Waals surface area contributed by atoms with E-state index in [9.17, 15) is 5.11 Å². The molecule has 0 saturated heterocycles. The Balaban J connectivity index is 2.22. The summed E-state index contributed by atoms with van der Waals surface area (Å²) >= 11 is 3.53. The molecule has 1 aromatic rings. The van der Waals surface area contributed by atoms with Crippen LogP contribution in [0.1, 0.15) is 25.3 Å². The molecular formula is C14H21BrN2O. The number of hydrogen-bond donors (Lipinski definition) is 2. The SMILES string of the molecule is CCNCc1cc(Br)ccc1N(CCO)C1CC1. The second-order valence-electron chi connectivity index (χ2n) is 4.70. The highest BCUT2D eigenvalue weighted by Gasteiger charge is 2.29. The lowest BCUT2D eigenvalue weighted by Gasteiger charge is -2.26. The predicted molar refractivity (Wildman–Crippen MR) is 79.0 cm³/mol. The topological polar surface area (TPSA) is 35.5 Å². The van der Waals surface area contributed by atoms with Crippen LogP contribution in [0.4, 0.5) is 5.69 Å². The number of benzene rings is 1. The van der Waals surface area contributed by atoms with Gasteiger partial charge in [0.1, 0.15) is 0 Å². The fourth-order valence-electron chi connectivity index (χ4n) is 2.23. The van der Waals surface area contributed by atoms with Gasteiger partial charge in [0, 0.05) is 29.3 Å². The van der Waals surface area contributed by atoms with Crippen molar-refractivity contribution < 1.29 is 5.11 Å². The van der Waals surface area contributed by atoms with Crippen molar-refractivity contribution in [2.75, 3.05) is 24.6 Å². The first kappa shape index (κ1) is 13.8. The molecule has 0 amide bonds. The summed E-state index contributed by atoms with van der Waals surface area (Å²) in [7, 11) is 0. The minimum Gasteiger partial charge on any atom is -0.395 e. The summed E-state index contributed by atoms with van der Waals surface area (Å²) in [5.41, 5.74) is 2.56. The van der Waals surface area contributed by atoms with Crippen molar-refractivity contribution in [1.29, 1.82) is 0 Å². The predicted octanol–water partition coefficient (Wildman–Crippen LogP) is 2.52. The maximum absolute atomic E-state index is 9.23. The summed E-state index contributed by atoms with van der Waals surface area (Å²) in [6, 6.07) is 7.03. The summed E-state index contributed by atoms with van der Waals surface area (Å²) < 4.78 is 1.11.